The normalized spacial score (nSPS) is 13.2. The second-order valence-corrected chi connectivity index (χ2v) is 6.18. The minimum atomic E-state index is -2.45. The van der Waals surface area contributed by atoms with Crippen LogP contribution in [0, 0.1) is 0 Å². The van der Waals surface area contributed by atoms with Crippen LogP contribution in [0.2, 0.25) is 0 Å². The maximum Gasteiger partial charge on any atom is 0.323 e. The molecule has 0 saturated carbocycles. The summed E-state index contributed by atoms with van der Waals surface area (Å²) in [5.41, 5.74) is 2.06. The number of rotatable bonds is 6. The van der Waals surface area contributed by atoms with Crippen LogP contribution in [-0.4, -0.2) is 29.6 Å². The van der Waals surface area contributed by atoms with Crippen LogP contribution >= 0.6 is 31.9 Å². The van der Waals surface area contributed by atoms with Gasteiger partial charge in [0.15, 0.2) is 0 Å². The molecule has 0 amide bonds. The van der Waals surface area contributed by atoms with Gasteiger partial charge in [0.05, 0.1) is 11.0 Å². The number of nitrogens with one attached hydrogen (secondary N) is 2. The maximum absolute atomic E-state index is 11.9. The van der Waals surface area contributed by atoms with Crippen molar-refractivity contribution < 1.29 is 13.5 Å². The standard InChI is InChI=1S/C12H12Br2F2N2O2/c13-7(1-2-20-5-11(15)16)6-3-9-10(4-8(6)14)18-12(19)17-9/h3-4,7,11H,1-2,5H2,(H2,17,18,19). The number of H-pyrrole nitrogens is 2. The number of imidazole rings is 1. The van der Waals surface area contributed by atoms with Crippen LogP contribution < -0.4 is 5.69 Å². The number of alkyl halides is 3. The first-order valence-electron chi connectivity index (χ1n) is 5.88. The molecule has 0 aliphatic carbocycles. The van der Waals surface area contributed by atoms with Crippen LogP contribution in [0.15, 0.2) is 21.4 Å². The molecule has 0 saturated heterocycles. The van der Waals surface area contributed by atoms with Crippen molar-refractivity contribution in [1.29, 1.82) is 0 Å². The van der Waals surface area contributed by atoms with E-state index in [0.29, 0.717) is 17.5 Å². The number of hydrogen-bond donors (Lipinski definition) is 2. The van der Waals surface area contributed by atoms with Crippen molar-refractivity contribution in [2.75, 3.05) is 13.2 Å². The number of aromatic nitrogens is 2. The van der Waals surface area contributed by atoms with Gasteiger partial charge >= 0.3 is 5.69 Å². The topological polar surface area (TPSA) is 57.9 Å². The molecule has 1 atom stereocenters. The van der Waals surface area contributed by atoms with Crippen LogP contribution in [-0.2, 0) is 4.74 Å². The highest BCUT2D eigenvalue weighted by Gasteiger charge is 2.14. The molecule has 1 unspecified atom stereocenters. The molecule has 4 nitrogen and oxygen atoms in total. The van der Waals surface area contributed by atoms with Gasteiger partial charge in [0.1, 0.15) is 6.61 Å². The van der Waals surface area contributed by atoms with E-state index in [1.54, 1.807) is 6.07 Å². The average Bonchev–Trinajstić information content (AvgIpc) is 2.72. The summed E-state index contributed by atoms with van der Waals surface area (Å²) in [5, 5.41) is 0. The molecule has 1 heterocycles. The van der Waals surface area contributed by atoms with Crippen molar-refractivity contribution in [1.82, 2.24) is 9.97 Å². The maximum atomic E-state index is 11.9. The number of hydrogen-bond acceptors (Lipinski definition) is 2. The second-order valence-electron chi connectivity index (χ2n) is 4.22. The molecule has 0 spiro atoms. The smallest absolute Gasteiger partial charge is 0.323 e. The van der Waals surface area contributed by atoms with Gasteiger partial charge in [-0.2, -0.15) is 0 Å². The summed E-state index contributed by atoms with van der Waals surface area (Å²) in [5.74, 6) is 0. The highest BCUT2D eigenvalue weighted by atomic mass is 79.9. The van der Waals surface area contributed by atoms with Crippen molar-refractivity contribution in [3.8, 4) is 0 Å². The molecular formula is C12H12Br2F2N2O2. The molecule has 110 valence electrons. The lowest BCUT2D eigenvalue weighted by Gasteiger charge is -2.12. The first kappa shape index (κ1) is 15.7. The highest BCUT2D eigenvalue weighted by molar-refractivity contribution is 9.11. The molecule has 1 aromatic heterocycles. The first-order valence-corrected chi connectivity index (χ1v) is 7.59. The van der Waals surface area contributed by atoms with E-state index in [9.17, 15) is 13.6 Å². The molecule has 8 heteroatoms. The predicted molar refractivity (Wildman–Crippen MR) is 79.7 cm³/mol. The van der Waals surface area contributed by atoms with Gasteiger partial charge in [-0.3, -0.25) is 0 Å². The van der Waals surface area contributed by atoms with Crippen molar-refractivity contribution >= 4 is 42.9 Å². The van der Waals surface area contributed by atoms with E-state index in [4.69, 9.17) is 4.74 Å². The lowest BCUT2D eigenvalue weighted by molar-refractivity contribution is 0.0167. The van der Waals surface area contributed by atoms with Crippen molar-refractivity contribution in [2.24, 2.45) is 0 Å². The summed E-state index contributed by atoms with van der Waals surface area (Å²) in [6.07, 6.45) is -1.90. The Morgan fingerprint density at radius 3 is 2.55 bits per heavy atom. The second kappa shape index (κ2) is 6.82. The monoisotopic (exact) mass is 412 g/mol. The van der Waals surface area contributed by atoms with Crippen LogP contribution in [0.25, 0.3) is 11.0 Å². The van der Waals surface area contributed by atoms with E-state index in [1.807, 2.05) is 6.07 Å². The van der Waals surface area contributed by atoms with E-state index in [2.05, 4.69) is 41.8 Å². The van der Waals surface area contributed by atoms with E-state index in [1.165, 1.54) is 0 Å². The lowest BCUT2D eigenvalue weighted by Crippen LogP contribution is -2.07. The molecule has 2 rings (SSSR count). The summed E-state index contributed by atoms with van der Waals surface area (Å²) in [6.45, 7) is -0.320. The molecule has 0 aliphatic rings. The summed E-state index contributed by atoms with van der Waals surface area (Å²) in [4.78, 5) is 16.5. The van der Waals surface area contributed by atoms with Crippen LogP contribution in [0.1, 0.15) is 16.8 Å². The van der Waals surface area contributed by atoms with E-state index in [-0.39, 0.29) is 17.1 Å². The van der Waals surface area contributed by atoms with Gasteiger partial charge in [-0.25, -0.2) is 13.6 Å². The Labute approximate surface area is 130 Å². The number of benzene rings is 1. The molecule has 0 fully saturated rings. The average molecular weight is 414 g/mol. The summed E-state index contributed by atoms with van der Waals surface area (Å²) < 4.78 is 29.6. The Morgan fingerprint density at radius 2 is 1.90 bits per heavy atom. The van der Waals surface area contributed by atoms with E-state index >= 15 is 0 Å². The third-order valence-corrected chi connectivity index (χ3v) is 4.37. The fraction of sp³-hybridized carbons (Fsp3) is 0.417. The highest BCUT2D eigenvalue weighted by Crippen LogP contribution is 2.34. The van der Waals surface area contributed by atoms with Gasteiger partial charge in [-0.15, -0.1) is 0 Å². The SMILES string of the molecule is O=c1[nH]c2cc(Br)c(C(Br)CCOCC(F)F)cc2[nH]1. The molecule has 1 aromatic carbocycles. The van der Waals surface area contributed by atoms with Gasteiger partial charge in [0.2, 0.25) is 0 Å². The van der Waals surface area contributed by atoms with Crippen LogP contribution in [0.5, 0.6) is 0 Å². The quantitative estimate of drug-likeness (QED) is 0.560. The molecule has 0 bridgehead atoms. The summed E-state index contributed by atoms with van der Waals surface area (Å²) >= 11 is 6.93. The molecule has 2 aromatic rings. The Kier molecular flexibility index (Phi) is 5.34. The molecule has 2 N–H and O–H groups in total. The Hall–Kier alpha value is -0.730. The van der Waals surface area contributed by atoms with Crippen molar-refractivity contribution in [3.63, 3.8) is 0 Å². The number of aromatic amines is 2. The third-order valence-electron chi connectivity index (χ3n) is 2.73. The predicted octanol–water partition coefficient (Wildman–Crippen LogP) is 3.73. The van der Waals surface area contributed by atoms with Crippen molar-refractivity contribution in [2.45, 2.75) is 17.7 Å². The number of fused-ring (bicyclic) bond motifs is 1. The zero-order valence-corrected chi connectivity index (χ0v) is 13.4. The summed E-state index contributed by atoms with van der Waals surface area (Å²) in [7, 11) is 0. The minimum absolute atomic E-state index is 0.0580. The fourth-order valence-corrected chi connectivity index (χ4v) is 3.32. The van der Waals surface area contributed by atoms with Gasteiger partial charge in [-0.1, -0.05) is 31.9 Å². The number of halogens is 4. The van der Waals surface area contributed by atoms with Crippen LogP contribution in [0.3, 0.4) is 0 Å². The molecule has 0 aliphatic heterocycles. The molecular weight excluding hydrogens is 402 g/mol. The third kappa shape index (κ3) is 3.89. The zero-order valence-electron chi connectivity index (χ0n) is 10.3. The molecule has 0 radical (unpaired) electrons. The first-order chi connectivity index (χ1) is 9.47. The van der Waals surface area contributed by atoms with Gasteiger partial charge in [-0.05, 0) is 24.1 Å². The van der Waals surface area contributed by atoms with Gasteiger partial charge < -0.3 is 14.7 Å². The lowest BCUT2D eigenvalue weighted by atomic mass is 10.1. The fourth-order valence-electron chi connectivity index (χ4n) is 1.83. The Balaban J connectivity index is 2.07. The Bertz CT molecular complexity index is 642. The van der Waals surface area contributed by atoms with Crippen LogP contribution in [0.4, 0.5) is 8.78 Å². The van der Waals surface area contributed by atoms with E-state index in [0.717, 1.165) is 10.0 Å². The molecule has 20 heavy (non-hydrogen) atoms. The largest absolute Gasteiger partial charge is 0.375 e. The zero-order chi connectivity index (χ0) is 14.7. The van der Waals surface area contributed by atoms with Gasteiger partial charge in [0, 0.05) is 15.9 Å². The minimum Gasteiger partial charge on any atom is -0.375 e. The number of ether oxygens (including phenoxy) is 1. The van der Waals surface area contributed by atoms with Gasteiger partial charge in [0.25, 0.3) is 6.43 Å². The van der Waals surface area contributed by atoms with E-state index < -0.39 is 13.0 Å². The summed E-state index contributed by atoms with van der Waals surface area (Å²) in [6, 6.07) is 3.64. The van der Waals surface area contributed by atoms with Crippen molar-refractivity contribution in [3.05, 3.63) is 32.7 Å². The Morgan fingerprint density at radius 1 is 1.25 bits per heavy atom.